The van der Waals surface area contributed by atoms with Gasteiger partial charge in [0.2, 0.25) is 0 Å². The van der Waals surface area contributed by atoms with Crippen LogP contribution in [-0.4, -0.2) is 46.1 Å². The minimum atomic E-state index is -0.679. The monoisotopic (exact) mass is 332 g/mol. The van der Waals surface area contributed by atoms with E-state index >= 15 is 0 Å². The summed E-state index contributed by atoms with van der Waals surface area (Å²) in [4.78, 5) is 25.6. The summed E-state index contributed by atoms with van der Waals surface area (Å²) in [5.41, 5.74) is 0.666. The quantitative estimate of drug-likeness (QED) is 0.736. The molecule has 0 aromatic heterocycles. The van der Waals surface area contributed by atoms with Crippen molar-refractivity contribution in [3.63, 3.8) is 0 Å². The van der Waals surface area contributed by atoms with Crippen molar-refractivity contribution in [2.24, 2.45) is 0 Å². The Morgan fingerprint density at radius 2 is 2.04 bits per heavy atom. The van der Waals surface area contributed by atoms with Crippen LogP contribution < -0.4 is 9.64 Å². The smallest absolute Gasteiger partial charge is 0.355 e. The Balaban J connectivity index is 2.45. The molecule has 1 aromatic rings. The fourth-order valence-electron chi connectivity index (χ4n) is 2.20. The van der Waals surface area contributed by atoms with Gasteiger partial charge in [-0.2, -0.15) is 5.26 Å². The van der Waals surface area contributed by atoms with Crippen LogP contribution in [0, 0.1) is 11.3 Å². The van der Waals surface area contributed by atoms with Crippen molar-refractivity contribution in [1.29, 1.82) is 5.26 Å². The van der Waals surface area contributed by atoms with Crippen molar-refractivity contribution in [1.82, 2.24) is 0 Å². The van der Waals surface area contributed by atoms with E-state index in [1.807, 2.05) is 6.07 Å². The molecule has 0 saturated heterocycles. The number of ether oxygens (including phenoxy) is 4. The molecule has 1 heterocycles. The molecule has 0 unspecified atom stereocenters. The molecule has 0 saturated carbocycles. The fraction of sp³-hybridized carbons (Fsp3) is 0.312. The number of esters is 2. The Morgan fingerprint density at radius 3 is 2.71 bits per heavy atom. The molecule has 2 rings (SSSR count). The summed E-state index contributed by atoms with van der Waals surface area (Å²) in [5, 5.41) is 8.59. The van der Waals surface area contributed by atoms with Gasteiger partial charge in [-0.25, -0.2) is 9.59 Å². The highest BCUT2D eigenvalue weighted by Crippen LogP contribution is 2.29. The van der Waals surface area contributed by atoms with Gasteiger partial charge in [0.25, 0.3) is 0 Å². The number of carbonyl (C=O) groups excluding carboxylic acids is 2. The van der Waals surface area contributed by atoms with Crippen LogP contribution in [0.15, 0.2) is 35.5 Å². The molecule has 0 spiro atoms. The van der Waals surface area contributed by atoms with Crippen LogP contribution in [0.3, 0.4) is 0 Å². The molecular weight excluding hydrogens is 316 g/mol. The lowest BCUT2D eigenvalue weighted by Crippen LogP contribution is -2.38. The normalized spacial score (nSPS) is 14.0. The maximum absolute atomic E-state index is 12.2. The number of nitriles is 1. The SMILES string of the molecule is COC(=O)C1=C(C(=O)OC)N(c2cccc(OCC#N)c2)COC1. The molecule has 126 valence electrons. The van der Waals surface area contributed by atoms with Gasteiger partial charge in [-0.15, -0.1) is 0 Å². The summed E-state index contributed by atoms with van der Waals surface area (Å²) >= 11 is 0. The van der Waals surface area contributed by atoms with E-state index in [-0.39, 0.29) is 31.2 Å². The van der Waals surface area contributed by atoms with Gasteiger partial charge in [-0.05, 0) is 12.1 Å². The van der Waals surface area contributed by atoms with E-state index in [1.54, 1.807) is 24.3 Å². The van der Waals surface area contributed by atoms with Crippen molar-refractivity contribution in [3.8, 4) is 11.8 Å². The van der Waals surface area contributed by atoms with Crippen molar-refractivity contribution >= 4 is 17.6 Å². The fourth-order valence-corrected chi connectivity index (χ4v) is 2.20. The van der Waals surface area contributed by atoms with Gasteiger partial charge in [-0.3, -0.25) is 0 Å². The van der Waals surface area contributed by atoms with E-state index in [9.17, 15) is 9.59 Å². The molecule has 0 fully saturated rings. The van der Waals surface area contributed by atoms with Crippen LogP contribution in [0.4, 0.5) is 5.69 Å². The van der Waals surface area contributed by atoms with Crippen molar-refractivity contribution in [2.75, 3.05) is 39.1 Å². The zero-order valence-electron chi connectivity index (χ0n) is 13.3. The first kappa shape index (κ1) is 17.3. The summed E-state index contributed by atoms with van der Waals surface area (Å²) in [6, 6.07) is 8.59. The molecule has 1 aromatic carbocycles. The van der Waals surface area contributed by atoms with Crippen molar-refractivity contribution in [3.05, 3.63) is 35.5 Å². The second-order valence-electron chi connectivity index (χ2n) is 4.66. The molecule has 0 bridgehead atoms. The number of methoxy groups -OCH3 is 2. The molecular formula is C16H16N2O6. The van der Waals surface area contributed by atoms with Gasteiger partial charge < -0.3 is 23.8 Å². The van der Waals surface area contributed by atoms with E-state index in [1.165, 1.54) is 19.1 Å². The van der Waals surface area contributed by atoms with E-state index in [2.05, 4.69) is 0 Å². The zero-order chi connectivity index (χ0) is 17.5. The molecule has 8 nitrogen and oxygen atoms in total. The van der Waals surface area contributed by atoms with E-state index < -0.39 is 11.9 Å². The maximum atomic E-state index is 12.2. The molecule has 8 heteroatoms. The Labute approximate surface area is 138 Å². The highest BCUT2D eigenvalue weighted by atomic mass is 16.5. The average molecular weight is 332 g/mol. The topological polar surface area (TPSA) is 98.1 Å². The van der Waals surface area contributed by atoms with Gasteiger partial charge in [0, 0.05) is 11.8 Å². The average Bonchev–Trinajstić information content (AvgIpc) is 2.64. The van der Waals surface area contributed by atoms with Crippen LogP contribution in [0.1, 0.15) is 0 Å². The lowest BCUT2D eigenvalue weighted by molar-refractivity contribution is -0.140. The minimum absolute atomic E-state index is 0.0482. The number of benzene rings is 1. The lowest BCUT2D eigenvalue weighted by Gasteiger charge is -2.31. The summed E-state index contributed by atoms with van der Waals surface area (Å²) < 4.78 is 20.1. The second kappa shape index (κ2) is 7.99. The van der Waals surface area contributed by atoms with Gasteiger partial charge in [0.15, 0.2) is 6.61 Å². The van der Waals surface area contributed by atoms with Gasteiger partial charge in [-0.1, -0.05) is 6.07 Å². The van der Waals surface area contributed by atoms with Crippen molar-refractivity contribution in [2.45, 2.75) is 0 Å². The van der Waals surface area contributed by atoms with Crippen LogP contribution >= 0.6 is 0 Å². The molecule has 1 aliphatic heterocycles. The summed E-state index contributed by atoms with van der Waals surface area (Å²) in [6.45, 7) is -0.113. The third-order valence-corrected chi connectivity index (χ3v) is 3.27. The van der Waals surface area contributed by atoms with Crippen molar-refractivity contribution < 1.29 is 28.5 Å². The van der Waals surface area contributed by atoms with Crippen LogP contribution in [-0.2, 0) is 23.8 Å². The summed E-state index contributed by atoms with van der Waals surface area (Å²) in [6.07, 6.45) is 0. The standard InChI is InChI=1S/C16H16N2O6/c1-21-15(19)13-9-23-10-18(14(13)16(20)22-2)11-4-3-5-12(8-11)24-7-6-17/h3-5,8H,7,9-10H2,1-2H3. The highest BCUT2D eigenvalue weighted by Gasteiger charge is 2.32. The number of hydrogen-bond donors (Lipinski definition) is 0. The third-order valence-electron chi connectivity index (χ3n) is 3.27. The first-order valence-corrected chi connectivity index (χ1v) is 6.97. The molecule has 0 N–H and O–H groups in total. The van der Waals surface area contributed by atoms with Crippen LogP contribution in [0.25, 0.3) is 0 Å². The summed E-state index contributed by atoms with van der Waals surface area (Å²) in [5.74, 6) is -0.900. The Hall–Kier alpha value is -3.05. The second-order valence-corrected chi connectivity index (χ2v) is 4.66. The highest BCUT2D eigenvalue weighted by molar-refractivity contribution is 6.03. The Kier molecular flexibility index (Phi) is 5.76. The molecule has 0 radical (unpaired) electrons. The maximum Gasteiger partial charge on any atom is 0.355 e. The number of hydrogen-bond acceptors (Lipinski definition) is 8. The number of anilines is 1. The molecule has 1 aliphatic rings. The molecule has 0 atom stereocenters. The molecule has 24 heavy (non-hydrogen) atoms. The van der Waals surface area contributed by atoms with Crippen LogP contribution in [0.2, 0.25) is 0 Å². The number of nitrogens with zero attached hydrogens (tertiary/aromatic N) is 2. The van der Waals surface area contributed by atoms with E-state index in [0.717, 1.165) is 0 Å². The predicted octanol–water partition coefficient (Wildman–Crippen LogP) is 0.983. The van der Waals surface area contributed by atoms with Gasteiger partial charge >= 0.3 is 11.9 Å². The van der Waals surface area contributed by atoms with Crippen LogP contribution in [0.5, 0.6) is 5.75 Å². The lowest BCUT2D eigenvalue weighted by atomic mass is 10.1. The number of carbonyl (C=O) groups is 2. The predicted molar refractivity (Wildman–Crippen MR) is 81.9 cm³/mol. The minimum Gasteiger partial charge on any atom is -0.479 e. The first-order chi connectivity index (χ1) is 11.6. The van der Waals surface area contributed by atoms with E-state index in [0.29, 0.717) is 11.4 Å². The Bertz CT molecular complexity index is 707. The van der Waals surface area contributed by atoms with E-state index in [4.69, 9.17) is 24.2 Å². The zero-order valence-corrected chi connectivity index (χ0v) is 13.3. The Morgan fingerprint density at radius 1 is 1.29 bits per heavy atom. The summed E-state index contributed by atoms with van der Waals surface area (Å²) in [7, 11) is 2.45. The first-order valence-electron chi connectivity index (χ1n) is 6.97. The third kappa shape index (κ3) is 3.64. The van der Waals surface area contributed by atoms with Gasteiger partial charge in [0.1, 0.15) is 24.2 Å². The largest absolute Gasteiger partial charge is 0.479 e. The molecule has 0 amide bonds. The molecule has 0 aliphatic carbocycles. The number of rotatable bonds is 5. The van der Waals surface area contributed by atoms with Gasteiger partial charge in [0.05, 0.1) is 26.4 Å².